The lowest BCUT2D eigenvalue weighted by molar-refractivity contribution is 0.414. The lowest BCUT2D eigenvalue weighted by atomic mass is 10.2. The summed E-state index contributed by atoms with van der Waals surface area (Å²) in [6, 6.07) is 8.11. The zero-order chi connectivity index (χ0) is 18.0. The Kier molecular flexibility index (Phi) is 5.49. The Morgan fingerprint density at radius 3 is 2.60 bits per heavy atom. The fourth-order valence-corrected chi connectivity index (χ4v) is 4.87. The molecule has 0 N–H and O–H groups in total. The van der Waals surface area contributed by atoms with Crippen LogP contribution >= 0.6 is 23.1 Å². The molecule has 6 heteroatoms. The van der Waals surface area contributed by atoms with E-state index >= 15 is 0 Å². The second-order valence-electron chi connectivity index (χ2n) is 5.85. The average molecular weight is 375 g/mol. The number of fused-ring (bicyclic) bond motifs is 1. The third kappa shape index (κ3) is 3.60. The van der Waals surface area contributed by atoms with Gasteiger partial charge in [0.05, 0.1) is 12.5 Å². The SMILES string of the molecule is CCn1c(SCCc2ccc(OC)cc2)nc2sc(C)c(C)c2c1=O. The molecule has 3 rings (SSSR count). The zero-order valence-electron chi connectivity index (χ0n) is 15.0. The predicted molar refractivity (Wildman–Crippen MR) is 106 cm³/mol. The number of rotatable bonds is 6. The van der Waals surface area contributed by atoms with Crippen LogP contribution in [-0.4, -0.2) is 22.4 Å². The van der Waals surface area contributed by atoms with Crippen LogP contribution in [0.4, 0.5) is 0 Å². The molecule has 132 valence electrons. The van der Waals surface area contributed by atoms with E-state index in [0.717, 1.165) is 38.9 Å². The number of thiophene rings is 1. The van der Waals surface area contributed by atoms with Gasteiger partial charge in [-0.3, -0.25) is 9.36 Å². The van der Waals surface area contributed by atoms with Crippen molar-refractivity contribution in [1.82, 2.24) is 9.55 Å². The molecule has 4 nitrogen and oxygen atoms in total. The smallest absolute Gasteiger partial charge is 0.263 e. The van der Waals surface area contributed by atoms with E-state index in [-0.39, 0.29) is 5.56 Å². The predicted octanol–water partition coefficient (Wildman–Crippen LogP) is 4.44. The number of ether oxygens (including phenoxy) is 1. The number of aromatic nitrogens is 2. The van der Waals surface area contributed by atoms with Crippen LogP contribution in [0.5, 0.6) is 5.75 Å². The Bertz CT molecular complexity index is 943. The van der Waals surface area contributed by atoms with Crippen LogP contribution in [0.1, 0.15) is 22.9 Å². The average Bonchev–Trinajstić information content (AvgIpc) is 2.90. The molecule has 0 spiro atoms. The highest BCUT2D eigenvalue weighted by Gasteiger charge is 2.15. The van der Waals surface area contributed by atoms with E-state index in [1.807, 2.05) is 32.9 Å². The lowest BCUT2D eigenvalue weighted by Crippen LogP contribution is -2.22. The van der Waals surface area contributed by atoms with Gasteiger partial charge in [0.1, 0.15) is 10.6 Å². The number of hydrogen-bond acceptors (Lipinski definition) is 5. The van der Waals surface area contributed by atoms with Gasteiger partial charge in [-0.1, -0.05) is 23.9 Å². The van der Waals surface area contributed by atoms with Crippen molar-refractivity contribution >= 4 is 33.3 Å². The molecule has 25 heavy (non-hydrogen) atoms. The summed E-state index contributed by atoms with van der Waals surface area (Å²) in [6.07, 6.45) is 0.925. The molecular formula is C19H22N2O2S2. The molecule has 2 heterocycles. The van der Waals surface area contributed by atoms with Crippen LogP contribution in [0.25, 0.3) is 10.2 Å². The number of hydrogen-bond donors (Lipinski definition) is 0. The largest absolute Gasteiger partial charge is 0.497 e. The number of benzene rings is 1. The number of aryl methyl sites for hydroxylation is 3. The summed E-state index contributed by atoms with van der Waals surface area (Å²) in [5.41, 5.74) is 2.40. The molecule has 3 aromatic rings. The summed E-state index contributed by atoms with van der Waals surface area (Å²) in [5.74, 6) is 1.75. The van der Waals surface area contributed by atoms with Gasteiger partial charge in [0.15, 0.2) is 5.16 Å². The van der Waals surface area contributed by atoms with Crippen LogP contribution < -0.4 is 10.3 Å². The Hall–Kier alpha value is -1.79. The summed E-state index contributed by atoms with van der Waals surface area (Å²) in [7, 11) is 1.67. The molecule has 0 saturated carbocycles. The first-order chi connectivity index (χ1) is 12.0. The Morgan fingerprint density at radius 1 is 1.24 bits per heavy atom. The summed E-state index contributed by atoms with van der Waals surface area (Å²) < 4.78 is 6.98. The van der Waals surface area contributed by atoms with Crippen LogP contribution in [0, 0.1) is 13.8 Å². The lowest BCUT2D eigenvalue weighted by Gasteiger charge is -2.10. The molecule has 0 saturated heterocycles. The van der Waals surface area contributed by atoms with Crippen LogP contribution in [-0.2, 0) is 13.0 Å². The van der Waals surface area contributed by atoms with Crippen LogP contribution in [0.2, 0.25) is 0 Å². The van der Waals surface area contributed by atoms with Gasteiger partial charge in [0.25, 0.3) is 5.56 Å². The monoisotopic (exact) mass is 374 g/mol. The molecule has 1 aromatic carbocycles. The van der Waals surface area contributed by atoms with Gasteiger partial charge in [-0.05, 0) is 50.5 Å². The molecule has 0 aliphatic heterocycles. The number of thioether (sulfide) groups is 1. The Labute approximate surface area is 155 Å². The fourth-order valence-electron chi connectivity index (χ4n) is 2.75. The van der Waals surface area contributed by atoms with Crippen molar-refractivity contribution in [2.45, 2.75) is 38.9 Å². The van der Waals surface area contributed by atoms with Gasteiger partial charge < -0.3 is 4.74 Å². The highest BCUT2D eigenvalue weighted by atomic mass is 32.2. The van der Waals surface area contributed by atoms with Gasteiger partial charge >= 0.3 is 0 Å². The number of methoxy groups -OCH3 is 1. The first-order valence-electron chi connectivity index (χ1n) is 8.31. The van der Waals surface area contributed by atoms with Gasteiger partial charge in [-0.2, -0.15) is 0 Å². The molecule has 0 bridgehead atoms. The van der Waals surface area contributed by atoms with E-state index in [1.165, 1.54) is 10.4 Å². The third-order valence-corrected chi connectivity index (χ3v) is 6.43. The minimum absolute atomic E-state index is 0.0845. The van der Waals surface area contributed by atoms with Gasteiger partial charge in [-0.15, -0.1) is 11.3 Å². The van der Waals surface area contributed by atoms with Crippen LogP contribution in [0.15, 0.2) is 34.2 Å². The van der Waals surface area contributed by atoms with Gasteiger partial charge in [-0.25, -0.2) is 4.98 Å². The second kappa shape index (κ2) is 7.62. The molecule has 2 aromatic heterocycles. The van der Waals surface area contributed by atoms with E-state index < -0.39 is 0 Å². The van der Waals surface area contributed by atoms with Crippen molar-refractivity contribution in [3.63, 3.8) is 0 Å². The molecule has 0 atom stereocenters. The minimum atomic E-state index is 0.0845. The maximum Gasteiger partial charge on any atom is 0.263 e. The topological polar surface area (TPSA) is 44.1 Å². The molecule has 0 aliphatic carbocycles. The van der Waals surface area contributed by atoms with E-state index in [4.69, 9.17) is 9.72 Å². The van der Waals surface area contributed by atoms with Crippen molar-refractivity contribution in [3.05, 3.63) is 50.6 Å². The van der Waals surface area contributed by atoms with Crippen molar-refractivity contribution in [1.29, 1.82) is 0 Å². The first kappa shape index (κ1) is 18.0. The Morgan fingerprint density at radius 2 is 1.96 bits per heavy atom. The highest BCUT2D eigenvalue weighted by molar-refractivity contribution is 7.99. The summed E-state index contributed by atoms with van der Waals surface area (Å²) >= 11 is 3.26. The van der Waals surface area contributed by atoms with Gasteiger partial charge in [0.2, 0.25) is 0 Å². The summed E-state index contributed by atoms with van der Waals surface area (Å²) in [5, 5.41) is 1.60. The maximum absolute atomic E-state index is 12.8. The molecular weight excluding hydrogens is 352 g/mol. The highest BCUT2D eigenvalue weighted by Crippen LogP contribution is 2.28. The van der Waals surface area contributed by atoms with Crippen molar-refractivity contribution in [2.24, 2.45) is 0 Å². The minimum Gasteiger partial charge on any atom is -0.497 e. The quantitative estimate of drug-likeness (QED) is 0.473. The molecule has 0 amide bonds. The van der Waals surface area contributed by atoms with Crippen LogP contribution in [0.3, 0.4) is 0 Å². The third-order valence-electron chi connectivity index (χ3n) is 4.35. The molecule has 0 aliphatic rings. The van der Waals surface area contributed by atoms with Crippen molar-refractivity contribution in [2.75, 3.05) is 12.9 Å². The fraction of sp³-hybridized carbons (Fsp3) is 0.368. The van der Waals surface area contributed by atoms with E-state index in [2.05, 4.69) is 12.1 Å². The second-order valence-corrected chi connectivity index (χ2v) is 8.12. The van der Waals surface area contributed by atoms with Gasteiger partial charge in [0, 0.05) is 17.2 Å². The maximum atomic E-state index is 12.8. The molecule has 0 unspecified atom stereocenters. The van der Waals surface area contributed by atoms with E-state index in [0.29, 0.717) is 6.54 Å². The molecule has 0 fully saturated rings. The van der Waals surface area contributed by atoms with E-state index in [9.17, 15) is 4.79 Å². The standard InChI is InChI=1S/C19H22N2O2S2/c1-5-21-18(22)16-12(2)13(3)25-17(16)20-19(21)24-11-10-14-6-8-15(23-4)9-7-14/h6-9H,5,10-11H2,1-4H3. The normalized spacial score (nSPS) is 11.2. The van der Waals surface area contributed by atoms with Crippen molar-refractivity contribution < 1.29 is 4.74 Å². The van der Waals surface area contributed by atoms with Crippen molar-refractivity contribution in [3.8, 4) is 5.75 Å². The number of nitrogens with zero attached hydrogens (tertiary/aromatic N) is 2. The summed E-state index contributed by atoms with van der Waals surface area (Å²) in [6.45, 7) is 6.69. The zero-order valence-corrected chi connectivity index (χ0v) is 16.6. The molecule has 0 radical (unpaired) electrons. The summed E-state index contributed by atoms with van der Waals surface area (Å²) in [4.78, 5) is 19.6. The van der Waals surface area contributed by atoms with E-state index in [1.54, 1.807) is 34.8 Å². The first-order valence-corrected chi connectivity index (χ1v) is 10.1. The Balaban J connectivity index is 1.81.